The molecule has 0 aromatic carbocycles. The molecule has 6 nitrogen and oxygen atoms in total. The standard InChI is InChI=1S/C16H26N6/c1-20-7-9-22(10-8-20)15-6-3-13(11-18-15)12-19-16(17)21(2)14-4-5-14/h3,6,11,14H,4-5,7-10,12H2,1-2H3,(H2,17,19). The number of nitrogens with zero attached hydrogens (tertiary/aromatic N) is 5. The van der Waals surface area contributed by atoms with Crippen molar-refractivity contribution in [1.29, 1.82) is 0 Å². The highest BCUT2D eigenvalue weighted by atomic mass is 15.3. The zero-order valence-corrected chi connectivity index (χ0v) is 13.6. The minimum Gasteiger partial charge on any atom is -0.370 e. The van der Waals surface area contributed by atoms with Crippen molar-refractivity contribution in [2.24, 2.45) is 10.7 Å². The van der Waals surface area contributed by atoms with Crippen LogP contribution in [0.1, 0.15) is 18.4 Å². The van der Waals surface area contributed by atoms with Gasteiger partial charge in [0.15, 0.2) is 5.96 Å². The van der Waals surface area contributed by atoms with Gasteiger partial charge in [-0.15, -0.1) is 0 Å². The Morgan fingerprint density at radius 2 is 2.05 bits per heavy atom. The summed E-state index contributed by atoms with van der Waals surface area (Å²) in [5.74, 6) is 1.69. The highest BCUT2D eigenvalue weighted by Gasteiger charge is 2.27. The summed E-state index contributed by atoms with van der Waals surface area (Å²) in [6.45, 7) is 4.87. The van der Waals surface area contributed by atoms with Crippen LogP contribution in [0, 0.1) is 0 Å². The van der Waals surface area contributed by atoms with Crippen LogP contribution in [-0.4, -0.2) is 67.1 Å². The van der Waals surface area contributed by atoms with E-state index in [2.05, 4.69) is 43.9 Å². The van der Waals surface area contributed by atoms with E-state index in [0.717, 1.165) is 37.6 Å². The lowest BCUT2D eigenvalue weighted by molar-refractivity contribution is 0.312. The predicted molar refractivity (Wildman–Crippen MR) is 90.1 cm³/mol. The van der Waals surface area contributed by atoms with Crippen LogP contribution >= 0.6 is 0 Å². The third-order valence-corrected chi connectivity index (χ3v) is 4.52. The van der Waals surface area contributed by atoms with Crippen molar-refractivity contribution in [3.63, 3.8) is 0 Å². The summed E-state index contributed by atoms with van der Waals surface area (Å²) in [4.78, 5) is 15.8. The largest absolute Gasteiger partial charge is 0.370 e. The fourth-order valence-corrected chi connectivity index (χ4v) is 2.67. The Morgan fingerprint density at radius 3 is 2.64 bits per heavy atom. The van der Waals surface area contributed by atoms with Crippen LogP contribution < -0.4 is 10.6 Å². The Morgan fingerprint density at radius 1 is 1.32 bits per heavy atom. The van der Waals surface area contributed by atoms with Gasteiger partial charge in [-0.1, -0.05) is 6.07 Å². The van der Waals surface area contributed by atoms with Crippen LogP contribution in [0.15, 0.2) is 23.3 Å². The number of piperazine rings is 1. The van der Waals surface area contributed by atoms with Gasteiger partial charge in [0, 0.05) is 45.5 Å². The van der Waals surface area contributed by atoms with E-state index < -0.39 is 0 Å². The van der Waals surface area contributed by atoms with Crippen LogP contribution in [0.4, 0.5) is 5.82 Å². The van der Waals surface area contributed by atoms with Gasteiger partial charge in [-0.25, -0.2) is 9.98 Å². The molecule has 2 fully saturated rings. The van der Waals surface area contributed by atoms with Crippen LogP contribution in [0.3, 0.4) is 0 Å². The van der Waals surface area contributed by atoms with Crippen molar-refractivity contribution in [2.75, 3.05) is 45.2 Å². The topological polar surface area (TPSA) is 61.0 Å². The number of anilines is 1. The van der Waals surface area contributed by atoms with Crippen molar-refractivity contribution in [2.45, 2.75) is 25.4 Å². The molecule has 2 aliphatic rings. The highest BCUT2D eigenvalue weighted by Crippen LogP contribution is 2.25. The summed E-state index contributed by atoms with van der Waals surface area (Å²) in [5.41, 5.74) is 7.11. The van der Waals surface area contributed by atoms with Gasteiger partial charge < -0.3 is 20.4 Å². The molecule has 0 unspecified atom stereocenters. The number of aliphatic imine (C=N–C) groups is 1. The normalized spacial score (nSPS) is 20.3. The predicted octanol–water partition coefficient (Wildman–Crippen LogP) is 0.742. The SMILES string of the molecule is CN1CCN(c2ccc(CN=C(N)N(C)C3CC3)cn2)CC1. The maximum absolute atomic E-state index is 6.01. The zero-order chi connectivity index (χ0) is 15.5. The summed E-state index contributed by atoms with van der Waals surface area (Å²) in [5, 5.41) is 0. The maximum Gasteiger partial charge on any atom is 0.191 e. The number of aromatic nitrogens is 1. The molecule has 1 saturated heterocycles. The molecule has 6 heteroatoms. The second-order valence-electron chi connectivity index (χ2n) is 6.33. The van der Waals surface area contributed by atoms with Crippen LogP contribution in [0.25, 0.3) is 0 Å². The number of nitrogens with two attached hydrogens (primary N) is 1. The first-order valence-electron chi connectivity index (χ1n) is 8.04. The van der Waals surface area contributed by atoms with E-state index in [-0.39, 0.29) is 0 Å². The van der Waals surface area contributed by atoms with Gasteiger partial charge in [-0.05, 0) is 31.5 Å². The third-order valence-electron chi connectivity index (χ3n) is 4.52. The monoisotopic (exact) mass is 302 g/mol. The summed E-state index contributed by atoms with van der Waals surface area (Å²) in [7, 11) is 4.18. The van der Waals surface area contributed by atoms with E-state index in [9.17, 15) is 0 Å². The van der Waals surface area contributed by atoms with E-state index in [1.54, 1.807) is 0 Å². The second kappa shape index (κ2) is 6.52. The van der Waals surface area contributed by atoms with Crippen molar-refractivity contribution in [3.8, 4) is 0 Å². The molecule has 1 saturated carbocycles. The molecule has 1 aliphatic carbocycles. The van der Waals surface area contributed by atoms with Gasteiger partial charge in [0.25, 0.3) is 0 Å². The third kappa shape index (κ3) is 3.68. The number of guanidine groups is 1. The first-order valence-corrected chi connectivity index (χ1v) is 8.04. The van der Waals surface area contributed by atoms with E-state index in [1.165, 1.54) is 12.8 Å². The van der Waals surface area contributed by atoms with Gasteiger partial charge in [0.1, 0.15) is 5.82 Å². The van der Waals surface area contributed by atoms with Crippen LogP contribution in [0.2, 0.25) is 0 Å². The Balaban J connectivity index is 1.56. The van der Waals surface area contributed by atoms with E-state index in [4.69, 9.17) is 5.73 Å². The summed E-state index contributed by atoms with van der Waals surface area (Å²) in [6.07, 6.45) is 4.38. The van der Waals surface area contributed by atoms with Crippen LogP contribution in [-0.2, 0) is 6.54 Å². The average molecular weight is 302 g/mol. The molecule has 2 heterocycles. The summed E-state index contributed by atoms with van der Waals surface area (Å²) >= 11 is 0. The minimum atomic E-state index is 0.596. The first kappa shape index (κ1) is 15.1. The number of hydrogen-bond donors (Lipinski definition) is 1. The van der Waals surface area contributed by atoms with Crippen molar-refractivity contribution in [3.05, 3.63) is 23.9 Å². The van der Waals surface area contributed by atoms with Gasteiger partial charge in [-0.3, -0.25) is 0 Å². The fraction of sp³-hybridized carbons (Fsp3) is 0.625. The van der Waals surface area contributed by atoms with Gasteiger partial charge in [0.2, 0.25) is 0 Å². The molecule has 1 aromatic rings. The molecular weight excluding hydrogens is 276 g/mol. The second-order valence-corrected chi connectivity index (χ2v) is 6.33. The molecule has 22 heavy (non-hydrogen) atoms. The Labute approximate surface area is 132 Å². The smallest absolute Gasteiger partial charge is 0.191 e. The lowest BCUT2D eigenvalue weighted by Crippen LogP contribution is -2.44. The average Bonchev–Trinajstić information content (AvgIpc) is 3.38. The number of pyridine rings is 1. The van der Waals surface area contributed by atoms with Crippen molar-refractivity contribution < 1.29 is 0 Å². The minimum absolute atomic E-state index is 0.596. The number of hydrogen-bond acceptors (Lipinski definition) is 4. The van der Waals surface area contributed by atoms with Crippen LogP contribution in [0.5, 0.6) is 0 Å². The molecule has 0 radical (unpaired) electrons. The van der Waals surface area contributed by atoms with Gasteiger partial charge >= 0.3 is 0 Å². The maximum atomic E-state index is 6.01. The van der Waals surface area contributed by atoms with E-state index in [1.807, 2.05) is 13.2 Å². The van der Waals surface area contributed by atoms with Crippen molar-refractivity contribution >= 4 is 11.8 Å². The molecule has 0 amide bonds. The molecule has 1 aromatic heterocycles. The Hall–Kier alpha value is -1.82. The molecule has 2 N–H and O–H groups in total. The highest BCUT2D eigenvalue weighted by molar-refractivity contribution is 5.78. The quantitative estimate of drug-likeness (QED) is 0.657. The zero-order valence-electron chi connectivity index (χ0n) is 13.6. The fourth-order valence-electron chi connectivity index (χ4n) is 2.67. The number of rotatable bonds is 4. The van der Waals surface area contributed by atoms with Gasteiger partial charge in [-0.2, -0.15) is 0 Å². The molecule has 3 rings (SSSR count). The summed E-state index contributed by atoms with van der Waals surface area (Å²) < 4.78 is 0. The molecule has 0 spiro atoms. The van der Waals surface area contributed by atoms with Gasteiger partial charge in [0.05, 0.1) is 6.54 Å². The molecular formula is C16H26N6. The molecule has 0 bridgehead atoms. The van der Waals surface area contributed by atoms with E-state index >= 15 is 0 Å². The molecule has 1 aliphatic heterocycles. The number of likely N-dealkylation sites (N-methyl/N-ethyl adjacent to an activating group) is 1. The first-order chi connectivity index (χ1) is 10.6. The Bertz CT molecular complexity index is 514. The van der Waals surface area contributed by atoms with E-state index in [0.29, 0.717) is 18.5 Å². The lowest BCUT2D eigenvalue weighted by Gasteiger charge is -2.33. The van der Waals surface area contributed by atoms with Crippen molar-refractivity contribution in [1.82, 2.24) is 14.8 Å². The lowest BCUT2D eigenvalue weighted by atomic mass is 10.2. The molecule has 0 atom stereocenters. The summed E-state index contributed by atoms with van der Waals surface area (Å²) in [6, 6.07) is 4.80. The molecule has 120 valence electrons. The Kier molecular flexibility index (Phi) is 4.47.